The first-order valence-corrected chi connectivity index (χ1v) is 25.0. The van der Waals surface area contributed by atoms with Crippen LogP contribution in [0.2, 0.25) is 0 Å². The first-order valence-electron chi connectivity index (χ1n) is 23.5. The third-order valence-electron chi connectivity index (χ3n) is 11.2. The van der Waals surface area contributed by atoms with Crippen molar-refractivity contribution in [1.29, 1.82) is 5.26 Å². The van der Waals surface area contributed by atoms with Gasteiger partial charge in [-0.15, -0.1) is 0 Å². The number of esters is 2. The van der Waals surface area contributed by atoms with Gasteiger partial charge in [-0.1, -0.05) is 168 Å². The number of carbonyl (C=O) groups excluding carboxylic acids is 2. The molecule has 2 rings (SSSR count). The van der Waals surface area contributed by atoms with Crippen molar-refractivity contribution in [3.05, 3.63) is 22.7 Å². The largest absolute Gasteiger partial charge is 1.00 e. The SMILES string of the molecule is CCCCCCCCCCCCCCCC(=O)OCC(COP(=O)([O-])OC[C@H]1O[C@@H](n2ccc(N)nc2=O)[C@@H](C#N)[C@@H]1O)OC(=O)CCCCCCCCCCCCCCC.[Na+]. The fourth-order valence-corrected chi connectivity index (χ4v) is 8.20. The number of aromatic nitrogens is 2. The van der Waals surface area contributed by atoms with Gasteiger partial charge in [0, 0.05) is 19.0 Å². The van der Waals surface area contributed by atoms with Crippen LogP contribution in [0, 0.1) is 17.2 Å². The number of phosphoric ester groups is 1. The summed E-state index contributed by atoms with van der Waals surface area (Å²) in [7, 11) is -5.10. The topological polar surface area (TPSA) is 225 Å². The van der Waals surface area contributed by atoms with Gasteiger partial charge >= 0.3 is 47.2 Å². The van der Waals surface area contributed by atoms with E-state index in [0.29, 0.717) is 12.8 Å². The fraction of sp³-hybridized carbons (Fsp3) is 0.844. The normalized spacial score (nSPS) is 18.7. The second-order valence-corrected chi connectivity index (χ2v) is 18.0. The van der Waals surface area contributed by atoms with Gasteiger partial charge in [0.2, 0.25) is 0 Å². The number of nitrogens with two attached hydrogens (primary N) is 1. The molecule has 0 bridgehead atoms. The molecular weight excluding hydrogens is 826 g/mol. The number of hydrogen-bond acceptors (Lipinski definition) is 14. The first kappa shape index (κ1) is 58.2. The van der Waals surface area contributed by atoms with E-state index < -0.39 is 75.7 Å². The number of nitrogens with zero attached hydrogens (tertiary/aromatic N) is 3. The van der Waals surface area contributed by atoms with Gasteiger partial charge in [0.05, 0.1) is 19.3 Å². The first-order chi connectivity index (χ1) is 29.5. The molecule has 17 heteroatoms. The summed E-state index contributed by atoms with van der Waals surface area (Å²) in [5.41, 5.74) is 4.72. The summed E-state index contributed by atoms with van der Waals surface area (Å²) in [6.07, 6.45) is 26.6. The number of aliphatic hydroxyl groups excluding tert-OH is 1. The van der Waals surface area contributed by atoms with Crippen molar-refractivity contribution >= 4 is 25.6 Å². The molecule has 62 heavy (non-hydrogen) atoms. The Hall–Kier alpha value is -1.86. The van der Waals surface area contributed by atoms with Gasteiger partial charge in [-0.2, -0.15) is 10.2 Å². The Labute approximate surface area is 393 Å². The monoisotopic (exact) mass is 905 g/mol. The molecule has 1 aromatic rings. The van der Waals surface area contributed by atoms with Gasteiger partial charge in [0.1, 0.15) is 30.6 Å². The van der Waals surface area contributed by atoms with E-state index in [0.717, 1.165) is 43.1 Å². The molecule has 0 spiro atoms. The molecule has 1 aliphatic heterocycles. The number of nitriles is 1. The summed E-state index contributed by atoms with van der Waals surface area (Å²) in [5.74, 6) is -2.34. The second kappa shape index (κ2) is 36.4. The molecule has 1 fully saturated rings. The molecule has 1 aromatic heterocycles. The molecule has 2 unspecified atom stereocenters. The van der Waals surface area contributed by atoms with E-state index in [1.807, 2.05) is 6.07 Å². The minimum absolute atomic E-state index is 0. The van der Waals surface area contributed by atoms with Crippen molar-refractivity contribution in [2.24, 2.45) is 5.92 Å². The molecule has 350 valence electrons. The van der Waals surface area contributed by atoms with E-state index in [1.165, 1.54) is 128 Å². The third kappa shape index (κ3) is 26.8. The Balaban J connectivity index is 0.0000192. The number of nitrogen functional groups attached to an aromatic ring is 1. The van der Waals surface area contributed by atoms with Gasteiger partial charge in [0.25, 0.3) is 7.82 Å². The summed E-state index contributed by atoms with van der Waals surface area (Å²) >= 11 is 0. The summed E-state index contributed by atoms with van der Waals surface area (Å²) in [4.78, 5) is 54.2. The minimum atomic E-state index is -5.10. The Morgan fingerprint density at radius 3 is 1.71 bits per heavy atom. The smallest absolute Gasteiger partial charge is 0.756 e. The number of hydrogen-bond donors (Lipinski definition) is 2. The van der Waals surface area contributed by atoms with Crippen LogP contribution in [0.15, 0.2) is 17.1 Å². The zero-order chi connectivity index (χ0) is 44.6. The maximum Gasteiger partial charge on any atom is 1.00 e. The Kier molecular flexibility index (Phi) is 34.1. The number of aliphatic hydroxyl groups is 1. The van der Waals surface area contributed by atoms with E-state index in [-0.39, 0.29) is 48.2 Å². The zero-order valence-electron chi connectivity index (χ0n) is 38.4. The van der Waals surface area contributed by atoms with Crippen LogP contribution in [0.3, 0.4) is 0 Å². The second-order valence-electron chi connectivity index (χ2n) is 16.6. The van der Waals surface area contributed by atoms with Crippen LogP contribution in [0.4, 0.5) is 5.82 Å². The fourth-order valence-electron chi connectivity index (χ4n) is 7.45. The molecule has 0 amide bonds. The van der Waals surface area contributed by atoms with Gasteiger partial charge in [-0.25, -0.2) is 4.79 Å². The van der Waals surface area contributed by atoms with Crippen LogP contribution in [0.5, 0.6) is 0 Å². The van der Waals surface area contributed by atoms with E-state index in [9.17, 15) is 34.2 Å². The minimum Gasteiger partial charge on any atom is -0.756 e. The van der Waals surface area contributed by atoms with Crippen molar-refractivity contribution in [3.63, 3.8) is 0 Å². The maximum absolute atomic E-state index is 12.8. The Morgan fingerprint density at radius 1 is 0.806 bits per heavy atom. The molecule has 1 aliphatic rings. The Bertz CT molecular complexity index is 1480. The summed E-state index contributed by atoms with van der Waals surface area (Å²) < 4.78 is 40.4. The van der Waals surface area contributed by atoms with E-state index in [4.69, 9.17) is 29.0 Å². The van der Waals surface area contributed by atoms with Crippen LogP contribution in [-0.4, -0.2) is 64.7 Å². The van der Waals surface area contributed by atoms with Crippen LogP contribution in [-0.2, 0) is 37.4 Å². The summed E-state index contributed by atoms with van der Waals surface area (Å²) in [6.45, 7) is 2.63. The maximum atomic E-state index is 12.8. The molecular formula is C45H78N4NaO11P. The number of phosphoric acid groups is 1. The molecule has 0 aliphatic carbocycles. The molecule has 2 heterocycles. The van der Waals surface area contributed by atoms with Crippen molar-refractivity contribution < 1.29 is 77.0 Å². The predicted molar refractivity (Wildman–Crippen MR) is 233 cm³/mol. The van der Waals surface area contributed by atoms with Crippen molar-refractivity contribution in [2.75, 3.05) is 25.6 Å². The van der Waals surface area contributed by atoms with Crippen molar-refractivity contribution in [3.8, 4) is 6.07 Å². The van der Waals surface area contributed by atoms with Crippen LogP contribution in [0.1, 0.15) is 200 Å². The van der Waals surface area contributed by atoms with Gasteiger partial charge in [0.15, 0.2) is 12.3 Å². The van der Waals surface area contributed by atoms with Gasteiger partial charge < -0.3 is 39.0 Å². The zero-order valence-corrected chi connectivity index (χ0v) is 41.3. The number of anilines is 1. The summed E-state index contributed by atoms with van der Waals surface area (Å²) in [6, 6.07) is 3.19. The van der Waals surface area contributed by atoms with Crippen LogP contribution >= 0.6 is 7.82 Å². The third-order valence-corrected chi connectivity index (χ3v) is 12.1. The molecule has 6 atom stereocenters. The van der Waals surface area contributed by atoms with E-state index in [1.54, 1.807) is 0 Å². The number of carbonyl (C=O) groups is 2. The Morgan fingerprint density at radius 2 is 1.26 bits per heavy atom. The number of unbranched alkanes of at least 4 members (excludes halogenated alkanes) is 24. The quantitative estimate of drug-likeness (QED) is 0.0329. The molecule has 0 aromatic carbocycles. The van der Waals surface area contributed by atoms with Crippen molar-refractivity contribution in [2.45, 2.75) is 218 Å². The molecule has 15 nitrogen and oxygen atoms in total. The average molecular weight is 905 g/mol. The molecule has 1 saturated heterocycles. The summed E-state index contributed by atoms with van der Waals surface area (Å²) in [5, 5.41) is 20.4. The number of ether oxygens (including phenoxy) is 3. The average Bonchev–Trinajstić information content (AvgIpc) is 3.55. The predicted octanol–water partition coefficient (Wildman–Crippen LogP) is 6.15. The van der Waals surface area contributed by atoms with Crippen LogP contribution < -0.4 is 45.9 Å². The van der Waals surface area contributed by atoms with E-state index >= 15 is 0 Å². The van der Waals surface area contributed by atoms with Gasteiger partial charge in [-0.05, 0) is 18.9 Å². The van der Waals surface area contributed by atoms with Crippen LogP contribution in [0.25, 0.3) is 0 Å². The standard InChI is InChI=1S/C45H79N4O11P.Na/c1-3-5-7-9-11-13-15-17-19-21-23-25-27-29-41(50)56-34-37(59-42(51)30-28-26-24-22-20-18-16-14-12-10-8-6-4-2)35-57-61(54,55)58-36-39-43(52)38(33-46)44(60-39)49-32-31-40(47)48-45(49)53;/h31-32,37-39,43-44,52H,3-30,34-36H2,1-2H3,(H,54,55)(H2,47,48,53);/q;+1/p-1/t37?,38-,39+,43-,44+;/m0./s1. The molecule has 0 saturated carbocycles. The van der Waals surface area contributed by atoms with Crippen molar-refractivity contribution in [1.82, 2.24) is 9.55 Å². The van der Waals surface area contributed by atoms with Gasteiger partial charge in [-0.3, -0.25) is 18.7 Å². The molecule has 0 radical (unpaired) electrons. The van der Waals surface area contributed by atoms with E-state index in [2.05, 4.69) is 18.8 Å². The molecule has 3 N–H and O–H groups in total. The number of rotatable bonds is 38.